The molecule has 3 heterocycles. The first kappa shape index (κ1) is 30.3. The van der Waals surface area contributed by atoms with Crippen LogP contribution in [0, 0.1) is 11.8 Å². The molecular formula is C30H39BrN2O7. The van der Waals surface area contributed by atoms with E-state index >= 15 is 0 Å². The summed E-state index contributed by atoms with van der Waals surface area (Å²) in [4.78, 5) is 44.9. The average molecular weight is 620 g/mol. The van der Waals surface area contributed by atoms with Crippen molar-refractivity contribution in [1.82, 2.24) is 4.90 Å². The Balaban J connectivity index is 1.72. The quantitative estimate of drug-likeness (QED) is 0.147. The highest BCUT2D eigenvalue weighted by atomic mass is 79.9. The van der Waals surface area contributed by atoms with Crippen LogP contribution in [0.1, 0.15) is 39.0 Å². The van der Waals surface area contributed by atoms with Gasteiger partial charge in [0.25, 0.3) is 5.91 Å². The molecule has 7 atom stereocenters. The topological polar surface area (TPSA) is 106 Å². The highest BCUT2D eigenvalue weighted by Gasteiger charge is 2.77. The fourth-order valence-corrected chi connectivity index (χ4v) is 7.39. The predicted octanol–water partition coefficient (Wildman–Crippen LogP) is 3.63. The van der Waals surface area contributed by atoms with Crippen LogP contribution in [0.15, 0.2) is 49.6 Å². The molecule has 40 heavy (non-hydrogen) atoms. The average Bonchev–Trinajstić information content (AvgIpc) is 3.55. The van der Waals surface area contributed by atoms with Crippen molar-refractivity contribution in [3.8, 4) is 5.75 Å². The molecule has 3 aliphatic heterocycles. The van der Waals surface area contributed by atoms with Gasteiger partial charge in [-0.1, -0.05) is 35.0 Å². The molecule has 3 unspecified atom stereocenters. The molecule has 4 rings (SSSR count). The van der Waals surface area contributed by atoms with Crippen molar-refractivity contribution in [2.45, 2.75) is 67.6 Å². The van der Waals surface area contributed by atoms with Crippen molar-refractivity contribution >= 4 is 39.4 Å². The third kappa shape index (κ3) is 5.21. The van der Waals surface area contributed by atoms with E-state index in [9.17, 15) is 19.5 Å². The largest absolute Gasteiger partial charge is 0.497 e. The predicted molar refractivity (Wildman–Crippen MR) is 154 cm³/mol. The number of unbranched alkanes of at least 4 members (excludes halogenated alkanes) is 2. The molecule has 3 saturated heterocycles. The fourth-order valence-electron chi connectivity index (χ4n) is 6.44. The number of halogens is 1. The minimum Gasteiger partial charge on any atom is -0.497 e. The molecule has 1 aromatic carbocycles. The van der Waals surface area contributed by atoms with E-state index in [1.165, 1.54) is 4.90 Å². The number of fused-ring (bicyclic) bond motifs is 1. The smallest absolute Gasteiger partial charge is 0.312 e. The van der Waals surface area contributed by atoms with E-state index in [1.54, 1.807) is 42.4 Å². The lowest BCUT2D eigenvalue weighted by Crippen LogP contribution is -2.59. The summed E-state index contributed by atoms with van der Waals surface area (Å²) in [6, 6.07) is 5.40. The van der Waals surface area contributed by atoms with Gasteiger partial charge < -0.3 is 29.1 Å². The second kappa shape index (κ2) is 12.9. The number of benzene rings is 1. The molecule has 218 valence electrons. The van der Waals surface area contributed by atoms with Crippen LogP contribution in [0.4, 0.5) is 5.69 Å². The summed E-state index contributed by atoms with van der Waals surface area (Å²) in [7, 11) is 1.57. The number of hydrogen-bond acceptors (Lipinski definition) is 7. The van der Waals surface area contributed by atoms with E-state index < -0.39 is 41.6 Å². The molecule has 0 aliphatic carbocycles. The van der Waals surface area contributed by atoms with Crippen molar-refractivity contribution in [3.63, 3.8) is 0 Å². The van der Waals surface area contributed by atoms with Crippen molar-refractivity contribution in [2.75, 3.05) is 31.8 Å². The van der Waals surface area contributed by atoms with Gasteiger partial charge in [-0.2, -0.15) is 0 Å². The number of rotatable bonds is 14. The van der Waals surface area contributed by atoms with E-state index in [-0.39, 0.29) is 36.4 Å². The number of ether oxygens (including phenoxy) is 3. The zero-order chi connectivity index (χ0) is 29.0. The summed E-state index contributed by atoms with van der Waals surface area (Å²) in [5.41, 5.74) is -0.637. The highest BCUT2D eigenvalue weighted by Crippen LogP contribution is 2.60. The standard InChI is InChI=1S/C30H39BrN2O7/c1-5-8-9-10-16-39-29(37)23-24-27(35)33(19(7-3)18-34)26(30(24)17-22(31)25(23)40-30)28(36)32(15-6-2)20-11-13-21(38-4)14-12-20/h5-6,11-14,19,22-26,34H,1-2,7-10,15-18H2,3-4H3/t19-,22?,23+,24-,25+,26?,30?/m0/s1. The second-order valence-corrected chi connectivity index (χ2v) is 11.7. The van der Waals surface area contributed by atoms with Crippen LogP contribution < -0.4 is 9.64 Å². The summed E-state index contributed by atoms with van der Waals surface area (Å²) in [5, 5.41) is 10.3. The first-order chi connectivity index (χ1) is 19.3. The molecule has 3 aliphatic rings. The van der Waals surface area contributed by atoms with Gasteiger partial charge in [-0.25, -0.2) is 0 Å². The number of aliphatic hydroxyl groups is 1. The highest BCUT2D eigenvalue weighted by molar-refractivity contribution is 9.09. The number of methoxy groups -OCH3 is 1. The van der Waals surface area contributed by atoms with Crippen LogP contribution in [0.5, 0.6) is 5.75 Å². The number of carbonyl (C=O) groups excluding carboxylic acids is 3. The SMILES string of the molecule is C=CCCCCOC(=O)[C@H]1[C@@H]2OC3(CC2Br)C(C(=O)N(CC=C)c2ccc(OC)cc2)N([C@@H](CC)CO)C(=O)[C@H]13. The van der Waals surface area contributed by atoms with Crippen LogP contribution in [0.2, 0.25) is 0 Å². The number of allylic oxidation sites excluding steroid dienone is 1. The number of hydrogen-bond donors (Lipinski definition) is 1. The zero-order valence-corrected chi connectivity index (χ0v) is 24.8. The Morgan fingerprint density at radius 2 is 2.00 bits per heavy atom. The molecule has 2 bridgehead atoms. The normalized spacial score (nSPS) is 29.1. The Hall–Kier alpha value is -2.69. The molecule has 1 aromatic rings. The first-order valence-electron chi connectivity index (χ1n) is 13.9. The molecule has 2 amide bonds. The molecule has 9 nitrogen and oxygen atoms in total. The third-order valence-corrected chi connectivity index (χ3v) is 9.16. The number of amides is 2. The van der Waals surface area contributed by atoms with Gasteiger partial charge in [0.2, 0.25) is 5.91 Å². The summed E-state index contributed by atoms with van der Waals surface area (Å²) >= 11 is 3.68. The van der Waals surface area contributed by atoms with E-state index in [4.69, 9.17) is 14.2 Å². The Kier molecular flexibility index (Phi) is 9.74. The van der Waals surface area contributed by atoms with Crippen LogP contribution in [0.3, 0.4) is 0 Å². The monoisotopic (exact) mass is 618 g/mol. The number of carbonyl (C=O) groups is 3. The van der Waals surface area contributed by atoms with Gasteiger partial charge in [-0.05, 0) is 56.4 Å². The number of esters is 1. The van der Waals surface area contributed by atoms with Crippen molar-refractivity contribution < 1.29 is 33.7 Å². The Bertz CT molecular complexity index is 1110. The maximum absolute atomic E-state index is 14.5. The third-order valence-electron chi connectivity index (χ3n) is 8.32. The van der Waals surface area contributed by atoms with Crippen molar-refractivity contribution in [3.05, 3.63) is 49.6 Å². The van der Waals surface area contributed by atoms with Gasteiger partial charge >= 0.3 is 5.97 Å². The van der Waals surface area contributed by atoms with Gasteiger partial charge in [0.05, 0.1) is 44.3 Å². The molecule has 0 aromatic heterocycles. The van der Waals surface area contributed by atoms with E-state index in [0.717, 1.165) is 12.8 Å². The first-order valence-corrected chi connectivity index (χ1v) is 14.8. The number of alkyl halides is 1. The molecular weight excluding hydrogens is 580 g/mol. The molecule has 3 fully saturated rings. The van der Waals surface area contributed by atoms with Crippen LogP contribution in [0.25, 0.3) is 0 Å². The Morgan fingerprint density at radius 3 is 2.60 bits per heavy atom. The molecule has 1 spiro atoms. The Labute approximate surface area is 244 Å². The van der Waals surface area contributed by atoms with Gasteiger partial charge in [-0.3, -0.25) is 14.4 Å². The van der Waals surface area contributed by atoms with Gasteiger partial charge in [-0.15, -0.1) is 13.2 Å². The summed E-state index contributed by atoms with van der Waals surface area (Å²) in [5.74, 6) is -2.30. The summed E-state index contributed by atoms with van der Waals surface area (Å²) in [6.07, 6.45) is 6.00. The number of nitrogens with zero attached hydrogens (tertiary/aromatic N) is 2. The fraction of sp³-hybridized carbons (Fsp3) is 0.567. The van der Waals surface area contributed by atoms with Crippen molar-refractivity contribution in [2.24, 2.45) is 11.8 Å². The maximum atomic E-state index is 14.5. The number of anilines is 1. The number of likely N-dealkylation sites (tertiary alicyclic amines) is 1. The van der Waals surface area contributed by atoms with Gasteiger partial charge in [0.15, 0.2) is 0 Å². The van der Waals surface area contributed by atoms with Crippen LogP contribution >= 0.6 is 15.9 Å². The lowest BCUT2D eigenvalue weighted by atomic mass is 9.70. The second-order valence-electron chi connectivity index (χ2n) is 10.5. The minimum absolute atomic E-state index is 0.192. The number of aliphatic hydroxyl groups excluding tert-OH is 1. The molecule has 10 heteroatoms. The molecule has 0 radical (unpaired) electrons. The van der Waals surface area contributed by atoms with Gasteiger partial charge in [0, 0.05) is 17.1 Å². The summed E-state index contributed by atoms with van der Waals surface area (Å²) < 4.78 is 17.5. The van der Waals surface area contributed by atoms with E-state index in [2.05, 4.69) is 29.1 Å². The molecule has 1 N–H and O–H groups in total. The zero-order valence-electron chi connectivity index (χ0n) is 23.2. The van der Waals surface area contributed by atoms with Crippen molar-refractivity contribution in [1.29, 1.82) is 0 Å². The minimum atomic E-state index is -1.24. The van der Waals surface area contributed by atoms with Crippen LogP contribution in [-0.4, -0.2) is 83.3 Å². The van der Waals surface area contributed by atoms with Crippen LogP contribution in [-0.2, 0) is 23.9 Å². The lowest BCUT2D eigenvalue weighted by molar-refractivity contribution is -0.155. The van der Waals surface area contributed by atoms with E-state index in [1.807, 2.05) is 13.0 Å². The lowest BCUT2D eigenvalue weighted by Gasteiger charge is -2.39. The summed E-state index contributed by atoms with van der Waals surface area (Å²) in [6.45, 7) is 9.51. The van der Waals surface area contributed by atoms with E-state index in [0.29, 0.717) is 30.7 Å². The Morgan fingerprint density at radius 1 is 1.27 bits per heavy atom. The molecule has 0 saturated carbocycles. The maximum Gasteiger partial charge on any atom is 0.312 e. The van der Waals surface area contributed by atoms with Gasteiger partial charge in [0.1, 0.15) is 17.4 Å².